The van der Waals surface area contributed by atoms with Crippen molar-refractivity contribution in [3.05, 3.63) is 83.1 Å². The third-order valence-corrected chi connectivity index (χ3v) is 13.1. The van der Waals surface area contributed by atoms with Crippen LogP contribution in [-0.2, 0) is 38.0 Å². The van der Waals surface area contributed by atoms with Gasteiger partial charge in [0.15, 0.2) is 30.0 Å². The van der Waals surface area contributed by atoms with E-state index in [1.54, 1.807) is 0 Å². The first-order valence-electron chi connectivity index (χ1n) is 23.5. The maximum atomic E-state index is 13.1. The van der Waals surface area contributed by atoms with Gasteiger partial charge in [-0.2, -0.15) is 0 Å². The number of aromatic hydroxyl groups is 3. The Balaban J connectivity index is 1.06. The summed E-state index contributed by atoms with van der Waals surface area (Å²) in [4.78, 5) is 13.1. The van der Waals surface area contributed by atoms with Crippen molar-refractivity contribution in [1.82, 2.24) is 0 Å². The van der Waals surface area contributed by atoms with Crippen LogP contribution in [0.15, 0.2) is 66.4 Å². The van der Waals surface area contributed by atoms with E-state index in [4.69, 9.17) is 47.4 Å². The van der Waals surface area contributed by atoms with Crippen LogP contribution in [0.1, 0.15) is 22.8 Å². The van der Waals surface area contributed by atoms with Gasteiger partial charge in [-0.25, -0.2) is 4.79 Å². The summed E-state index contributed by atoms with van der Waals surface area (Å²) in [6, 6.07) is 11.4. The van der Waals surface area contributed by atoms with Crippen molar-refractivity contribution in [2.75, 3.05) is 26.4 Å². The van der Waals surface area contributed by atoms with Crippen LogP contribution in [0.3, 0.4) is 0 Å². The zero-order valence-electron chi connectivity index (χ0n) is 39.5. The molecule has 0 radical (unpaired) electrons. The predicted molar refractivity (Wildman–Crippen MR) is 245 cm³/mol. The van der Waals surface area contributed by atoms with Gasteiger partial charge in [-0.3, -0.25) is 0 Å². The number of aliphatic hydroxyl groups is 14. The normalized spacial score (nSPS) is 37.6. The number of rotatable bonds is 16. The van der Waals surface area contributed by atoms with E-state index in [-0.39, 0.29) is 34.1 Å². The van der Waals surface area contributed by atoms with Crippen LogP contribution in [0.2, 0.25) is 0 Å². The molecule has 0 bridgehead atoms. The number of aliphatic hydroxyl groups excluding tert-OH is 14. The van der Waals surface area contributed by atoms with E-state index in [2.05, 4.69) is 0 Å². The number of esters is 1. The van der Waals surface area contributed by atoms with Crippen LogP contribution in [0, 0.1) is 0 Å². The van der Waals surface area contributed by atoms with E-state index >= 15 is 0 Å². The molecule has 21 unspecified atom stereocenters. The molecule has 0 saturated carbocycles. The van der Waals surface area contributed by atoms with E-state index in [0.29, 0.717) is 5.56 Å². The van der Waals surface area contributed by atoms with Crippen LogP contribution in [-0.4, -0.2) is 242 Å². The summed E-state index contributed by atoms with van der Waals surface area (Å²) in [5, 5.41) is 178. The number of ether oxygens (including phenoxy) is 10. The van der Waals surface area contributed by atoms with Gasteiger partial charge in [-0.1, -0.05) is 18.2 Å². The zero-order chi connectivity index (χ0) is 54.9. The number of phenols is 3. The predicted octanol–water partition coefficient (Wildman–Crippen LogP) is -5.46. The van der Waals surface area contributed by atoms with E-state index in [0.717, 1.165) is 30.3 Å². The Morgan fingerprint density at radius 1 is 0.539 bits per heavy atom. The third-order valence-electron chi connectivity index (χ3n) is 13.1. The number of benzene rings is 3. The lowest BCUT2D eigenvalue weighted by Crippen LogP contribution is -2.64. The van der Waals surface area contributed by atoms with Gasteiger partial charge in [0.05, 0.1) is 25.4 Å². The van der Waals surface area contributed by atoms with Crippen molar-refractivity contribution in [3.8, 4) is 34.5 Å². The Labute approximate surface area is 429 Å². The van der Waals surface area contributed by atoms with Crippen LogP contribution >= 0.6 is 0 Å². The molecule has 28 heteroatoms. The van der Waals surface area contributed by atoms with Gasteiger partial charge >= 0.3 is 5.97 Å². The van der Waals surface area contributed by atoms with Crippen molar-refractivity contribution in [3.63, 3.8) is 0 Å². The molecule has 5 aliphatic heterocycles. The minimum absolute atomic E-state index is 0.0444. The summed E-state index contributed by atoms with van der Waals surface area (Å²) in [5.74, 6) is -3.42. The fourth-order valence-corrected chi connectivity index (χ4v) is 8.73. The summed E-state index contributed by atoms with van der Waals surface area (Å²) in [7, 11) is 0. The average Bonchev–Trinajstić information content (AvgIpc) is 3.42. The SMILES string of the molecule is O=C(C=Cc1ccc(OC2OC(CO)C(O)C(O)C2O)cc1)OCC1OC(OC2=Cc3c(cc(O)cc3OC3OC(CO)C(O)C(O)C3O)OC2c2ccc(O)c(O)c2)C(OC2OC(CO)C(O)C(O)C2O)C(O)C1O. The monoisotopic (exact) mass is 1080 g/mol. The number of carbonyl (C=O) groups is 1. The summed E-state index contributed by atoms with van der Waals surface area (Å²) in [5.41, 5.74) is 0.352. The molecule has 28 nitrogen and oxygen atoms in total. The molecule has 4 saturated heterocycles. The summed E-state index contributed by atoms with van der Waals surface area (Å²) >= 11 is 0. The molecule has 3 aromatic carbocycles. The molecule has 5 heterocycles. The first-order chi connectivity index (χ1) is 36.2. The fraction of sp³-hybridized carbons (Fsp3) is 0.521. The zero-order valence-corrected chi connectivity index (χ0v) is 39.5. The van der Waals surface area contributed by atoms with Gasteiger partial charge in [0.1, 0.15) is 127 Å². The second-order valence-corrected chi connectivity index (χ2v) is 18.3. The molecule has 0 aliphatic carbocycles. The standard InChI is InChI=1S/C48H58O28/c49-13-27-32(56)36(60)40(64)45(72-27)68-20-5-1-17(2-6-20)3-8-31(55)67-16-30-35(59)39(63)44(76-47-42(66)38(62)34(58)29(15-51)74-47)48(75-30)71-26-12-21-24(69-43(26)18-4-7-22(53)23(54)9-18)10-19(52)11-25(21)70-46-41(65)37(61)33(57)28(14-50)73-46/h1-12,27-30,32-54,56-66H,13-16H2. The summed E-state index contributed by atoms with van der Waals surface area (Å²) in [6.07, 6.45) is -33.6. The maximum absolute atomic E-state index is 13.1. The highest BCUT2D eigenvalue weighted by molar-refractivity contribution is 5.87. The van der Waals surface area contributed by atoms with Crippen molar-refractivity contribution in [2.45, 2.75) is 129 Å². The minimum Gasteiger partial charge on any atom is -0.508 e. The van der Waals surface area contributed by atoms with E-state index in [1.165, 1.54) is 42.5 Å². The Morgan fingerprint density at radius 2 is 1.08 bits per heavy atom. The second-order valence-electron chi connectivity index (χ2n) is 18.3. The fourth-order valence-electron chi connectivity index (χ4n) is 8.73. The average molecular weight is 1080 g/mol. The Bertz CT molecular complexity index is 2500. The first kappa shape index (κ1) is 56.6. The number of hydrogen-bond acceptors (Lipinski definition) is 28. The smallest absolute Gasteiger partial charge is 0.330 e. The van der Waals surface area contributed by atoms with Crippen molar-refractivity contribution in [2.24, 2.45) is 0 Å². The van der Waals surface area contributed by atoms with Crippen LogP contribution in [0.25, 0.3) is 12.2 Å². The second kappa shape index (κ2) is 24.0. The Hall–Kier alpha value is -5.55. The molecule has 17 N–H and O–H groups in total. The Morgan fingerprint density at radius 3 is 1.66 bits per heavy atom. The number of carbonyl (C=O) groups excluding carboxylic acids is 1. The molecular formula is C48H58O28. The van der Waals surface area contributed by atoms with Crippen molar-refractivity contribution >= 4 is 18.1 Å². The quantitative estimate of drug-likeness (QED) is 0.0361. The van der Waals surface area contributed by atoms with E-state index < -0.39 is 179 Å². The third kappa shape index (κ3) is 11.9. The lowest BCUT2D eigenvalue weighted by Gasteiger charge is -2.46. The van der Waals surface area contributed by atoms with Gasteiger partial charge < -0.3 is 134 Å². The Kier molecular flexibility index (Phi) is 17.9. The van der Waals surface area contributed by atoms with Crippen LogP contribution in [0.5, 0.6) is 34.5 Å². The van der Waals surface area contributed by atoms with Crippen molar-refractivity contribution < 1.29 is 139 Å². The summed E-state index contributed by atoms with van der Waals surface area (Å²) < 4.78 is 57.9. The molecule has 21 atom stereocenters. The molecule has 0 aromatic heterocycles. The molecular weight excluding hydrogens is 1020 g/mol. The topological polar surface area (TPSA) is 453 Å². The van der Waals surface area contributed by atoms with Crippen molar-refractivity contribution in [1.29, 1.82) is 0 Å². The highest BCUT2D eigenvalue weighted by atomic mass is 16.8. The lowest BCUT2D eigenvalue weighted by atomic mass is 9.97. The minimum atomic E-state index is -2.12. The summed E-state index contributed by atoms with van der Waals surface area (Å²) in [6.45, 7) is -3.18. The molecule has 0 amide bonds. The maximum Gasteiger partial charge on any atom is 0.330 e. The number of phenolic OH excluding ortho intramolecular Hbond substituents is 3. The van der Waals surface area contributed by atoms with Crippen LogP contribution < -0.4 is 14.2 Å². The van der Waals surface area contributed by atoms with Crippen LogP contribution in [0.4, 0.5) is 0 Å². The van der Waals surface area contributed by atoms with Gasteiger partial charge in [-0.15, -0.1) is 0 Å². The molecule has 8 rings (SSSR count). The van der Waals surface area contributed by atoms with Gasteiger partial charge in [0.2, 0.25) is 18.9 Å². The molecule has 3 aromatic rings. The number of hydrogen-bond donors (Lipinski definition) is 17. The molecule has 5 aliphatic rings. The first-order valence-corrected chi connectivity index (χ1v) is 23.5. The van der Waals surface area contributed by atoms with Gasteiger partial charge in [0.25, 0.3) is 0 Å². The molecule has 0 spiro atoms. The lowest BCUT2D eigenvalue weighted by molar-refractivity contribution is -0.364. The van der Waals surface area contributed by atoms with Gasteiger partial charge in [-0.05, 0) is 42.0 Å². The molecule has 76 heavy (non-hydrogen) atoms. The highest BCUT2D eigenvalue weighted by Crippen LogP contribution is 2.47. The highest BCUT2D eigenvalue weighted by Gasteiger charge is 2.53. The molecule has 4 fully saturated rings. The number of fused-ring (bicyclic) bond motifs is 1. The van der Waals surface area contributed by atoms with Gasteiger partial charge in [0, 0.05) is 23.8 Å². The van der Waals surface area contributed by atoms with E-state index in [1.807, 2.05) is 0 Å². The molecule has 418 valence electrons. The largest absolute Gasteiger partial charge is 0.508 e. The van der Waals surface area contributed by atoms with E-state index in [9.17, 15) is 91.6 Å².